The minimum Gasteiger partial charge on any atom is -0.354 e. The molecule has 4 heteroatoms. The number of fused-ring (bicyclic) bond motifs is 1. The lowest BCUT2D eigenvalue weighted by molar-refractivity contribution is -0.126. The number of carbonyl (C=O) groups excluding carboxylic acids is 1. The van der Waals surface area contributed by atoms with Crippen LogP contribution in [0.4, 0.5) is 0 Å². The van der Waals surface area contributed by atoms with E-state index in [1.165, 1.54) is 11.1 Å². The topological polar surface area (TPSA) is 55.1 Å². The van der Waals surface area contributed by atoms with E-state index >= 15 is 0 Å². The van der Waals surface area contributed by atoms with Crippen molar-refractivity contribution in [2.24, 2.45) is 5.73 Å². The summed E-state index contributed by atoms with van der Waals surface area (Å²) in [4.78, 5) is 12.2. The minimum absolute atomic E-state index is 0. The number of nitrogens with two attached hydrogens (primary N) is 1. The van der Waals surface area contributed by atoms with Crippen molar-refractivity contribution in [2.45, 2.75) is 50.0 Å². The highest BCUT2D eigenvalue weighted by Gasteiger charge is 2.37. The number of halogens is 1. The molecule has 3 N–H and O–H groups in total. The Hall–Kier alpha value is -1.06. The Morgan fingerprint density at radius 3 is 2.75 bits per heavy atom. The van der Waals surface area contributed by atoms with Crippen LogP contribution in [0.5, 0.6) is 0 Å². The first kappa shape index (κ1) is 15.3. The molecule has 0 saturated heterocycles. The highest BCUT2D eigenvalue weighted by atomic mass is 35.5. The summed E-state index contributed by atoms with van der Waals surface area (Å²) < 4.78 is 0. The maximum Gasteiger partial charge on any atom is 0.240 e. The van der Waals surface area contributed by atoms with Gasteiger partial charge in [0, 0.05) is 12.5 Å². The van der Waals surface area contributed by atoms with Gasteiger partial charge in [0.05, 0.1) is 5.54 Å². The first-order valence-electron chi connectivity index (χ1n) is 7.34. The van der Waals surface area contributed by atoms with Crippen LogP contribution in [0.15, 0.2) is 24.3 Å². The summed E-state index contributed by atoms with van der Waals surface area (Å²) in [7, 11) is 0. The third-order valence-corrected chi connectivity index (χ3v) is 4.71. The molecule has 1 amide bonds. The number of carbonyl (C=O) groups is 1. The summed E-state index contributed by atoms with van der Waals surface area (Å²) in [5, 5.41) is 3.08. The van der Waals surface area contributed by atoms with Crippen LogP contribution in [0.2, 0.25) is 0 Å². The molecule has 110 valence electrons. The Balaban J connectivity index is 0.00000147. The zero-order chi connectivity index (χ0) is 13.3. The molecule has 20 heavy (non-hydrogen) atoms. The van der Waals surface area contributed by atoms with Crippen molar-refractivity contribution < 1.29 is 4.79 Å². The van der Waals surface area contributed by atoms with Crippen molar-refractivity contribution >= 4 is 18.3 Å². The van der Waals surface area contributed by atoms with E-state index in [4.69, 9.17) is 5.73 Å². The zero-order valence-electron chi connectivity index (χ0n) is 11.7. The van der Waals surface area contributed by atoms with Gasteiger partial charge in [0.15, 0.2) is 0 Å². The summed E-state index contributed by atoms with van der Waals surface area (Å²) in [6.45, 7) is 0.731. The quantitative estimate of drug-likeness (QED) is 0.900. The van der Waals surface area contributed by atoms with Gasteiger partial charge in [-0.3, -0.25) is 4.79 Å². The molecular weight excluding hydrogens is 272 g/mol. The van der Waals surface area contributed by atoms with E-state index in [0.29, 0.717) is 5.92 Å². The maximum absolute atomic E-state index is 12.2. The highest BCUT2D eigenvalue weighted by molar-refractivity contribution is 5.86. The van der Waals surface area contributed by atoms with E-state index in [-0.39, 0.29) is 18.3 Å². The first-order chi connectivity index (χ1) is 9.19. The van der Waals surface area contributed by atoms with Crippen LogP contribution in [0, 0.1) is 0 Å². The molecule has 3 nitrogen and oxygen atoms in total. The lowest BCUT2D eigenvalue weighted by Crippen LogP contribution is -2.52. The molecule has 1 atom stereocenters. The molecule has 1 fully saturated rings. The second-order valence-corrected chi connectivity index (χ2v) is 6.01. The molecule has 1 saturated carbocycles. The first-order valence-corrected chi connectivity index (χ1v) is 7.34. The predicted octanol–water partition coefficient (Wildman–Crippen LogP) is 2.53. The van der Waals surface area contributed by atoms with Crippen molar-refractivity contribution in [2.75, 3.05) is 6.54 Å². The van der Waals surface area contributed by atoms with Crippen LogP contribution < -0.4 is 11.1 Å². The number of nitrogens with one attached hydrogen (secondary N) is 1. The number of amides is 1. The fourth-order valence-corrected chi connectivity index (χ4v) is 3.48. The number of hydrogen-bond donors (Lipinski definition) is 2. The molecule has 0 radical (unpaired) electrons. The van der Waals surface area contributed by atoms with Crippen LogP contribution in [0.25, 0.3) is 0 Å². The number of rotatable bonds is 3. The summed E-state index contributed by atoms with van der Waals surface area (Å²) >= 11 is 0. The van der Waals surface area contributed by atoms with Gasteiger partial charge in [0.2, 0.25) is 5.91 Å². The van der Waals surface area contributed by atoms with Crippen molar-refractivity contribution in [3.05, 3.63) is 35.4 Å². The van der Waals surface area contributed by atoms with Gasteiger partial charge < -0.3 is 11.1 Å². The van der Waals surface area contributed by atoms with Crippen LogP contribution in [0.3, 0.4) is 0 Å². The minimum atomic E-state index is -0.599. The Bertz CT molecular complexity index is 483. The van der Waals surface area contributed by atoms with Crippen molar-refractivity contribution in [1.29, 1.82) is 0 Å². The van der Waals surface area contributed by atoms with E-state index in [2.05, 4.69) is 29.6 Å². The van der Waals surface area contributed by atoms with Gasteiger partial charge in [-0.1, -0.05) is 37.1 Å². The molecule has 1 unspecified atom stereocenters. The number of aryl methyl sites for hydroxylation is 1. The fraction of sp³-hybridized carbons (Fsp3) is 0.562. The average Bonchev–Trinajstić information content (AvgIpc) is 3.03. The van der Waals surface area contributed by atoms with Crippen molar-refractivity contribution in [3.8, 4) is 0 Å². The number of benzene rings is 1. The molecule has 0 bridgehead atoms. The Labute approximate surface area is 126 Å². The Morgan fingerprint density at radius 2 is 2.00 bits per heavy atom. The molecule has 1 aromatic carbocycles. The molecule has 0 spiro atoms. The summed E-state index contributed by atoms with van der Waals surface area (Å²) in [6.07, 6.45) is 6.09. The van der Waals surface area contributed by atoms with E-state index in [0.717, 1.165) is 45.1 Å². The molecule has 0 aromatic heterocycles. The molecule has 2 aliphatic rings. The van der Waals surface area contributed by atoms with Gasteiger partial charge in [-0.25, -0.2) is 0 Å². The summed E-state index contributed by atoms with van der Waals surface area (Å²) in [6, 6.07) is 8.55. The Kier molecular flexibility index (Phi) is 4.71. The van der Waals surface area contributed by atoms with Gasteiger partial charge in [-0.15, -0.1) is 12.4 Å². The standard InChI is InChI=1S/C16H22N2O.ClH/c17-16(9-3-4-10-16)15(19)18-11-13-8-7-12-5-1-2-6-14(12)13;/h1-2,5-6,13H,3-4,7-11,17H2,(H,18,19);1H. The van der Waals surface area contributed by atoms with Crippen LogP contribution in [0.1, 0.15) is 49.1 Å². The molecule has 1 aromatic rings. The summed E-state index contributed by atoms with van der Waals surface area (Å²) in [5.41, 5.74) is 8.41. The van der Waals surface area contributed by atoms with Crippen LogP contribution in [-0.4, -0.2) is 18.0 Å². The fourth-order valence-electron chi connectivity index (χ4n) is 3.48. The molecule has 0 heterocycles. The molecule has 2 aliphatic carbocycles. The van der Waals surface area contributed by atoms with E-state index in [1.807, 2.05) is 0 Å². The predicted molar refractivity (Wildman–Crippen MR) is 83.1 cm³/mol. The zero-order valence-corrected chi connectivity index (χ0v) is 12.5. The molecule has 3 rings (SSSR count). The van der Waals surface area contributed by atoms with Crippen molar-refractivity contribution in [1.82, 2.24) is 5.32 Å². The monoisotopic (exact) mass is 294 g/mol. The van der Waals surface area contributed by atoms with E-state index in [1.54, 1.807) is 0 Å². The van der Waals surface area contributed by atoms with E-state index in [9.17, 15) is 4.79 Å². The number of hydrogen-bond acceptors (Lipinski definition) is 2. The third-order valence-electron chi connectivity index (χ3n) is 4.71. The van der Waals surface area contributed by atoms with Gasteiger partial charge in [0.1, 0.15) is 0 Å². The lowest BCUT2D eigenvalue weighted by Gasteiger charge is -2.23. The second-order valence-electron chi connectivity index (χ2n) is 6.01. The van der Waals surface area contributed by atoms with Gasteiger partial charge in [-0.2, -0.15) is 0 Å². The molecular formula is C16H23ClN2O. The third kappa shape index (κ3) is 2.84. The molecule has 0 aliphatic heterocycles. The average molecular weight is 295 g/mol. The van der Waals surface area contributed by atoms with Crippen LogP contribution in [-0.2, 0) is 11.2 Å². The van der Waals surface area contributed by atoms with Crippen molar-refractivity contribution in [3.63, 3.8) is 0 Å². The maximum atomic E-state index is 12.2. The van der Waals surface area contributed by atoms with Gasteiger partial charge >= 0.3 is 0 Å². The largest absolute Gasteiger partial charge is 0.354 e. The van der Waals surface area contributed by atoms with Gasteiger partial charge in [0.25, 0.3) is 0 Å². The normalized spacial score (nSPS) is 22.9. The lowest BCUT2D eigenvalue weighted by atomic mass is 9.96. The Morgan fingerprint density at radius 1 is 1.30 bits per heavy atom. The van der Waals surface area contributed by atoms with Gasteiger partial charge in [-0.05, 0) is 36.8 Å². The van der Waals surface area contributed by atoms with Crippen LogP contribution >= 0.6 is 12.4 Å². The second kappa shape index (κ2) is 6.15. The SMILES string of the molecule is Cl.NC1(C(=O)NCC2CCc3ccccc32)CCCC1. The highest BCUT2D eigenvalue weighted by Crippen LogP contribution is 2.32. The summed E-state index contributed by atoms with van der Waals surface area (Å²) in [5.74, 6) is 0.513. The smallest absolute Gasteiger partial charge is 0.240 e. The van der Waals surface area contributed by atoms with E-state index < -0.39 is 5.54 Å².